The summed E-state index contributed by atoms with van der Waals surface area (Å²) in [5.74, 6) is 0.704. The summed E-state index contributed by atoms with van der Waals surface area (Å²) in [4.78, 5) is 24.9. The molecular formula is C16H15NO4S. The van der Waals surface area contributed by atoms with Gasteiger partial charge in [0.25, 0.3) is 5.91 Å². The standard InChI is InChI=1S/C16H15NO4S/c1-2-12(18)11-8-10(9-13-15(11)21-6-5-20-13)17-16(19)14-4-3-7-22-14/h3-4,7-9H,2,5-6H2,1H3,(H,17,19). The van der Waals surface area contributed by atoms with Crippen molar-refractivity contribution < 1.29 is 19.1 Å². The Morgan fingerprint density at radius 2 is 2.09 bits per heavy atom. The summed E-state index contributed by atoms with van der Waals surface area (Å²) in [5, 5.41) is 4.64. The number of ether oxygens (including phenoxy) is 2. The topological polar surface area (TPSA) is 64.6 Å². The summed E-state index contributed by atoms with van der Waals surface area (Å²) in [5.41, 5.74) is 0.973. The van der Waals surface area contributed by atoms with Crippen molar-refractivity contribution in [1.82, 2.24) is 0 Å². The molecule has 114 valence electrons. The van der Waals surface area contributed by atoms with Crippen molar-refractivity contribution in [2.24, 2.45) is 0 Å². The monoisotopic (exact) mass is 317 g/mol. The quantitative estimate of drug-likeness (QED) is 0.878. The number of Topliss-reactive ketones (excluding diaryl/α,β-unsaturated/α-hetero) is 1. The van der Waals surface area contributed by atoms with Gasteiger partial charge in [-0.2, -0.15) is 0 Å². The van der Waals surface area contributed by atoms with Crippen LogP contribution in [-0.4, -0.2) is 24.9 Å². The lowest BCUT2D eigenvalue weighted by Gasteiger charge is -2.21. The van der Waals surface area contributed by atoms with Crippen LogP contribution >= 0.6 is 11.3 Å². The van der Waals surface area contributed by atoms with Crippen molar-refractivity contribution in [3.63, 3.8) is 0 Å². The molecule has 0 bridgehead atoms. The highest BCUT2D eigenvalue weighted by molar-refractivity contribution is 7.12. The maximum atomic E-state index is 12.1. The smallest absolute Gasteiger partial charge is 0.265 e. The van der Waals surface area contributed by atoms with Crippen LogP contribution in [0.4, 0.5) is 5.69 Å². The Bertz CT molecular complexity index is 709. The lowest BCUT2D eigenvalue weighted by atomic mass is 10.1. The lowest BCUT2D eigenvalue weighted by molar-refractivity contribution is 0.0974. The molecule has 22 heavy (non-hydrogen) atoms. The van der Waals surface area contributed by atoms with Crippen LogP contribution in [0.1, 0.15) is 33.4 Å². The van der Waals surface area contributed by atoms with Crippen molar-refractivity contribution >= 4 is 28.7 Å². The first-order valence-corrected chi connectivity index (χ1v) is 7.88. The Balaban J connectivity index is 1.94. The van der Waals surface area contributed by atoms with Gasteiger partial charge in [-0.05, 0) is 17.5 Å². The number of thiophene rings is 1. The maximum absolute atomic E-state index is 12.1. The number of fused-ring (bicyclic) bond motifs is 1. The maximum Gasteiger partial charge on any atom is 0.265 e. The Kier molecular flexibility index (Phi) is 4.11. The first-order valence-electron chi connectivity index (χ1n) is 7.00. The number of rotatable bonds is 4. The fourth-order valence-electron chi connectivity index (χ4n) is 2.22. The Labute approximate surface area is 131 Å². The molecule has 2 heterocycles. The normalized spacial score (nSPS) is 12.8. The van der Waals surface area contributed by atoms with Crippen molar-refractivity contribution in [2.75, 3.05) is 18.5 Å². The van der Waals surface area contributed by atoms with E-state index in [4.69, 9.17) is 9.47 Å². The summed E-state index contributed by atoms with van der Waals surface area (Å²) in [6.07, 6.45) is 0.359. The van der Waals surface area contributed by atoms with E-state index in [0.29, 0.717) is 47.3 Å². The highest BCUT2D eigenvalue weighted by Crippen LogP contribution is 2.37. The minimum atomic E-state index is -0.207. The first kappa shape index (κ1) is 14.6. The van der Waals surface area contributed by atoms with E-state index in [2.05, 4.69) is 5.32 Å². The van der Waals surface area contributed by atoms with Crippen molar-refractivity contribution in [2.45, 2.75) is 13.3 Å². The molecule has 1 amide bonds. The second-order valence-corrected chi connectivity index (χ2v) is 5.70. The van der Waals surface area contributed by atoms with Gasteiger partial charge < -0.3 is 14.8 Å². The van der Waals surface area contributed by atoms with Gasteiger partial charge in [0.05, 0.1) is 10.4 Å². The van der Waals surface area contributed by atoms with E-state index < -0.39 is 0 Å². The molecule has 6 heteroatoms. The molecule has 0 atom stereocenters. The van der Waals surface area contributed by atoms with Crippen LogP contribution in [0.2, 0.25) is 0 Å². The molecule has 1 aliphatic heterocycles. The molecule has 3 rings (SSSR count). The Hall–Kier alpha value is -2.34. The summed E-state index contributed by atoms with van der Waals surface area (Å²) in [7, 11) is 0. The minimum Gasteiger partial charge on any atom is -0.486 e. The van der Waals surface area contributed by atoms with Crippen LogP contribution in [0.15, 0.2) is 29.6 Å². The van der Waals surface area contributed by atoms with Gasteiger partial charge in [-0.1, -0.05) is 13.0 Å². The van der Waals surface area contributed by atoms with Crippen LogP contribution in [0, 0.1) is 0 Å². The van der Waals surface area contributed by atoms with Crippen LogP contribution in [-0.2, 0) is 0 Å². The van der Waals surface area contributed by atoms with Gasteiger partial charge in [0, 0.05) is 18.2 Å². The summed E-state index contributed by atoms with van der Waals surface area (Å²) in [6.45, 7) is 2.63. The van der Waals surface area contributed by atoms with E-state index in [-0.39, 0.29) is 11.7 Å². The summed E-state index contributed by atoms with van der Waals surface area (Å²) >= 11 is 1.36. The second kappa shape index (κ2) is 6.19. The predicted octanol–water partition coefficient (Wildman–Crippen LogP) is 3.36. The lowest BCUT2D eigenvalue weighted by Crippen LogP contribution is -2.19. The Morgan fingerprint density at radius 1 is 1.27 bits per heavy atom. The van der Waals surface area contributed by atoms with Crippen LogP contribution in [0.3, 0.4) is 0 Å². The fourth-order valence-corrected chi connectivity index (χ4v) is 2.84. The molecule has 1 aromatic heterocycles. The third kappa shape index (κ3) is 2.82. The van der Waals surface area contributed by atoms with Crippen molar-refractivity contribution in [3.8, 4) is 11.5 Å². The average molecular weight is 317 g/mol. The molecule has 5 nitrogen and oxygen atoms in total. The molecule has 0 unspecified atom stereocenters. The van der Waals surface area contributed by atoms with Gasteiger partial charge in [-0.3, -0.25) is 9.59 Å². The predicted molar refractivity (Wildman–Crippen MR) is 84.3 cm³/mol. The molecule has 2 aromatic rings. The summed E-state index contributed by atoms with van der Waals surface area (Å²) in [6, 6.07) is 6.89. The van der Waals surface area contributed by atoms with Gasteiger partial charge in [0.15, 0.2) is 17.3 Å². The SMILES string of the molecule is CCC(=O)c1cc(NC(=O)c2cccs2)cc2c1OCCO2. The molecule has 0 radical (unpaired) electrons. The van der Waals surface area contributed by atoms with Gasteiger partial charge in [-0.25, -0.2) is 0 Å². The number of ketones is 1. The molecule has 0 saturated carbocycles. The van der Waals surface area contributed by atoms with Crippen LogP contribution < -0.4 is 14.8 Å². The van der Waals surface area contributed by atoms with E-state index in [1.54, 1.807) is 25.1 Å². The molecular weight excluding hydrogens is 302 g/mol. The highest BCUT2D eigenvalue weighted by atomic mass is 32.1. The van der Waals surface area contributed by atoms with E-state index in [9.17, 15) is 9.59 Å². The highest BCUT2D eigenvalue weighted by Gasteiger charge is 2.22. The number of amides is 1. The zero-order valence-corrected chi connectivity index (χ0v) is 12.9. The molecule has 0 fully saturated rings. The van der Waals surface area contributed by atoms with E-state index >= 15 is 0 Å². The van der Waals surface area contributed by atoms with Crippen molar-refractivity contribution in [3.05, 3.63) is 40.1 Å². The first-order chi connectivity index (χ1) is 10.7. The largest absolute Gasteiger partial charge is 0.486 e. The Morgan fingerprint density at radius 3 is 2.82 bits per heavy atom. The van der Waals surface area contributed by atoms with E-state index in [1.165, 1.54) is 11.3 Å². The number of carbonyl (C=O) groups is 2. The molecule has 1 aromatic carbocycles. The van der Waals surface area contributed by atoms with Crippen LogP contribution in [0.5, 0.6) is 11.5 Å². The molecule has 0 aliphatic carbocycles. The third-order valence-corrected chi connectivity index (χ3v) is 4.14. The minimum absolute atomic E-state index is 0.0472. The summed E-state index contributed by atoms with van der Waals surface area (Å²) < 4.78 is 11.1. The van der Waals surface area contributed by atoms with Gasteiger partial charge in [0.2, 0.25) is 0 Å². The fraction of sp³-hybridized carbons (Fsp3) is 0.250. The van der Waals surface area contributed by atoms with Gasteiger partial charge in [-0.15, -0.1) is 11.3 Å². The zero-order chi connectivity index (χ0) is 15.5. The molecule has 1 N–H and O–H groups in total. The van der Waals surface area contributed by atoms with Gasteiger partial charge in [0.1, 0.15) is 13.2 Å². The number of anilines is 1. The second-order valence-electron chi connectivity index (χ2n) is 4.76. The average Bonchev–Trinajstić information content (AvgIpc) is 3.08. The van der Waals surface area contributed by atoms with Crippen LogP contribution in [0.25, 0.3) is 0 Å². The molecule has 1 aliphatic rings. The number of benzene rings is 1. The number of carbonyl (C=O) groups excluding carboxylic acids is 2. The zero-order valence-electron chi connectivity index (χ0n) is 12.0. The number of hydrogen-bond donors (Lipinski definition) is 1. The molecule has 0 spiro atoms. The number of nitrogens with one attached hydrogen (secondary N) is 1. The number of hydrogen-bond acceptors (Lipinski definition) is 5. The van der Waals surface area contributed by atoms with Gasteiger partial charge >= 0.3 is 0 Å². The van der Waals surface area contributed by atoms with E-state index in [1.807, 2.05) is 11.4 Å². The van der Waals surface area contributed by atoms with Crippen molar-refractivity contribution in [1.29, 1.82) is 0 Å². The molecule has 0 saturated heterocycles. The third-order valence-electron chi connectivity index (χ3n) is 3.27. The van der Waals surface area contributed by atoms with E-state index in [0.717, 1.165) is 0 Å².